The van der Waals surface area contributed by atoms with E-state index < -0.39 is 28.4 Å². The number of halogens is 1. The lowest BCUT2D eigenvalue weighted by atomic mass is 10.2. The van der Waals surface area contributed by atoms with Crippen LogP contribution in [0, 0.1) is 15.9 Å². The van der Waals surface area contributed by atoms with Crippen molar-refractivity contribution in [2.75, 3.05) is 0 Å². The number of hydrogen-bond donors (Lipinski definition) is 0. The Bertz CT molecular complexity index is 431. The molecule has 0 aliphatic carbocycles. The van der Waals surface area contributed by atoms with Gasteiger partial charge >= 0.3 is 5.97 Å². The van der Waals surface area contributed by atoms with E-state index in [9.17, 15) is 19.3 Å². The van der Waals surface area contributed by atoms with Crippen LogP contribution in [0.2, 0.25) is 0 Å². The summed E-state index contributed by atoms with van der Waals surface area (Å²) < 4.78 is 18.0. The number of hydrogen-bond acceptors (Lipinski definition) is 4. The van der Waals surface area contributed by atoms with Gasteiger partial charge in [-0.15, -0.1) is 0 Å². The molecule has 0 radical (unpaired) electrons. The fourth-order valence-corrected chi connectivity index (χ4v) is 1.06. The summed E-state index contributed by atoms with van der Waals surface area (Å²) in [6.07, 6.45) is -0.411. The van der Waals surface area contributed by atoms with E-state index >= 15 is 0 Å². The smallest absolute Gasteiger partial charge is 0.341 e. The van der Waals surface area contributed by atoms with Crippen LogP contribution in [0.3, 0.4) is 0 Å². The zero-order valence-electron chi connectivity index (χ0n) is 8.77. The molecule has 0 fully saturated rings. The molecule has 0 spiro atoms. The van der Waals surface area contributed by atoms with Gasteiger partial charge < -0.3 is 4.74 Å². The Balaban J connectivity index is 3.07. The maximum Gasteiger partial charge on any atom is 0.341 e. The van der Waals surface area contributed by atoms with Crippen LogP contribution in [0.15, 0.2) is 18.2 Å². The van der Waals surface area contributed by atoms with Crippen molar-refractivity contribution in [2.45, 2.75) is 20.0 Å². The summed E-state index contributed by atoms with van der Waals surface area (Å²) in [5, 5.41) is 10.4. The van der Waals surface area contributed by atoms with E-state index in [-0.39, 0.29) is 5.69 Å². The van der Waals surface area contributed by atoms with Gasteiger partial charge in [-0.3, -0.25) is 10.1 Å². The van der Waals surface area contributed by atoms with Crippen molar-refractivity contribution < 1.29 is 18.8 Å². The van der Waals surface area contributed by atoms with Crippen LogP contribution >= 0.6 is 0 Å². The highest BCUT2D eigenvalue weighted by molar-refractivity contribution is 5.90. The van der Waals surface area contributed by atoms with Crippen LogP contribution < -0.4 is 0 Å². The molecule has 6 heteroatoms. The van der Waals surface area contributed by atoms with E-state index in [1.165, 1.54) is 0 Å². The average molecular weight is 227 g/mol. The van der Waals surface area contributed by atoms with Crippen molar-refractivity contribution in [1.29, 1.82) is 0 Å². The Hall–Kier alpha value is -1.98. The number of benzene rings is 1. The molecule has 0 aromatic heterocycles. The molecule has 0 atom stereocenters. The van der Waals surface area contributed by atoms with Gasteiger partial charge in [-0.05, 0) is 19.9 Å². The summed E-state index contributed by atoms with van der Waals surface area (Å²) in [6.45, 7) is 3.21. The number of rotatable bonds is 3. The molecule has 0 heterocycles. The fourth-order valence-electron chi connectivity index (χ4n) is 1.06. The maximum absolute atomic E-state index is 13.2. The third-order valence-electron chi connectivity index (χ3n) is 1.72. The number of non-ortho nitro benzene ring substituents is 1. The zero-order chi connectivity index (χ0) is 12.3. The van der Waals surface area contributed by atoms with E-state index in [1.54, 1.807) is 13.8 Å². The highest BCUT2D eigenvalue weighted by atomic mass is 19.1. The van der Waals surface area contributed by atoms with Gasteiger partial charge in [0.25, 0.3) is 5.69 Å². The lowest BCUT2D eigenvalue weighted by Crippen LogP contribution is -2.13. The lowest BCUT2D eigenvalue weighted by molar-refractivity contribution is -0.384. The molecule has 0 aliphatic rings. The standard InChI is InChI=1S/C10H10FNO4/c1-6(2)16-10(13)8-5-7(12(14)15)3-4-9(8)11/h3-6H,1-2H3. The third-order valence-corrected chi connectivity index (χ3v) is 1.72. The molecule has 1 aromatic rings. The molecule has 0 saturated carbocycles. The largest absolute Gasteiger partial charge is 0.459 e. The van der Waals surface area contributed by atoms with Crippen LogP contribution in [0.25, 0.3) is 0 Å². The molecule has 0 bridgehead atoms. The molecule has 0 aliphatic heterocycles. The van der Waals surface area contributed by atoms with Crippen molar-refractivity contribution in [3.05, 3.63) is 39.7 Å². The van der Waals surface area contributed by atoms with Gasteiger partial charge in [-0.2, -0.15) is 0 Å². The molecule has 0 N–H and O–H groups in total. The molecule has 0 unspecified atom stereocenters. The maximum atomic E-state index is 13.2. The molecule has 0 saturated heterocycles. The van der Waals surface area contributed by atoms with Gasteiger partial charge in [0, 0.05) is 12.1 Å². The Morgan fingerprint density at radius 1 is 1.50 bits per heavy atom. The molecular formula is C10H10FNO4. The summed E-state index contributed by atoms with van der Waals surface area (Å²) in [4.78, 5) is 21.1. The Kier molecular flexibility index (Phi) is 3.55. The Morgan fingerprint density at radius 2 is 2.12 bits per heavy atom. The van der Waals surface area contributed by atoms with Crippen LogP contribution in [0.1, 0.15) is 24.2 Å². The average Bonchev–Trinajstić information content (AvgIpc) is 2.16. The van der Waals surface area contributed by atoms with Gasteiger partial charge in [0.15, 0.2) is 0 Å². The molecule has 16 heavy (non-hydrogen) atoms. The minimum Gasteiger partial charge on any atom is -0.459 e. The second-order valence-electron chi connectivity index (χ2n) is 3.38. The minimum absolute atomic E-state index is 0.350. The zero-order valence-corrected chi connectivity index (χ0v) is 8.77. The molecule has 5 nitrogen and oxygen atoms in total. The first-order chi connectivity index (χ1) is 7.41. The summed E-state index contributed by atoms with van der Waals surface area (Å²) in [5.74, 6) is -1.74. The Labute approximate surface area is 91.0 Å². The van der Waals surface area contributed by atoms with Crippen molar-refractivity contribution in [3.8, 4) is 0 Å². The second kappa shape index (κ2) is 4.69. The van der Waals surface area contributed by atoms with Gasteiger partial charge in [0.2, 0.25) is 0 Å². The minimum atomic E-state index is -0.906. The first-order valence-electron chi connectivity index (χ1n) is 4.56. The lowest BCUT2D eigenvalue weighted by Gasteiger charge is -2.08. The van der Waals surface area contributed by atoms with Gasteiger partial charge in [0.05, 0.1) is 11.0 Å². The SMILES string of the molecule is CC(C)OC(=O)c1cc([N+](=O)[O-])ccc1F. The van der Waals surface area contributed by atoms with Crippen molar-refractivity contribution in [3.63, 3.8) is 0 Å². The van der Waals surface area contributed by atoms with E-state index in [1.807, 2.05) is 0 Å². The quantitative estimate of drug-likeness (QED) is 0.451. The van der Waals surface area contributed by atoms with Crippen LogP contribution in [-0.2, 0) is 4.74 Å². The molecule has 86 valence electrons. The monoisotopic (exact) mass is 227 g/mol. The van der Waals surface area contributed by atoms with E-state index in [0.717, 1.165) is 18.2 Å². The molecule has 1 rings (SSSR count). The summed E-state index contributed by atoms with van der Waals surface area (Å²) in [5.41, 5.74) is -0.778. The second-order valence-corrected chi connectivity index (χ2v) is 3.38. The highest BCUT2D eigenvalue weighted by Gasteiger charge is 2.18. The van der Waals surface area contributed by atoms with Gasteiger partial charge in [-0.25, -0.2) is 9.18 Å². The fraction of sp³-hybridized carbons (Fsp3) is 0.300. The first-order valence-corrected chi connectivity index (χ1v) is 4.56. The predicted molar refractivity (Wildman–Crippen MR) is 53.6 cm³/mol. The summed E-state index contributed by atoms with van der Waals surface area (Å²) >= 11 is 0. The van der Waals surface area contributed by atoms with Gasteiger partial charge in [0.1, 0.15) is 11.4 Å². The third kappa shape index (κ3) is 2.75. The number of nitro benzene ring substituents is 1. The Morgan fingerprint density at radius 3 is 2.62 bits per heavy atom. The van der Waals surface area contributed by atoms with Crippen molar-refractivity contribution in [1.82, 2.24) is 0 Å². The molecule has 0 amide bonds. The van der Waals surface area contributed by atoms with E-state index in [4.69, 9.17) is 4.74 Å². The number of ether oxygens (including phenoxy) is 1. The van der Waals surface area contributed by atoms with Gasteiger partial charge in [-0.1, -0.05) is 0 Å². The topological polar surface area (TPSA) is 69.4 Å². The number of carbonyl (C=O) groups is 1. The normalized spacial score (nSPS) is 10.2. The first kappa shape index (κ1) is 12.1. The molecular weight excluding hydrogens is 217 g/mol. The predicted octanol–water partition coefficient (Wildman–Crippen LogP) is 2.30. The van der Waals surface area contributed by atoms with Crippen LogP contribution in [0.4, 0.5) is 10.1 Å². The van der Waals surface area contributed by atoms with E-state index in [0.29, 0.717) is 0 Å². The highest BCUT2D eigenvalue weighted by Crippen LogP contribution is 2.18. The number of carbonyl (C=O) groups excluding carboxylic acids is 1. The van der Waals surface area contributed by atoms with Crippen LogP contribution in [0.5, 0.6) is 0 Å². The number of nitrogens with zero attached hydrogens (tertiary/aromatic N) is 1. The van der Waals surface area contributed by atoms with Crippen molar-refractivity contribution >= 4 is 11.7 Å². The van der Waals surface area contributed by atoms with Crippen LogP contribution in [-0.4, -0.2) is 17.0 Å². The molecule has 1 aromatic carbocycles. The number of nitro groups is 1. The summed E-state index contributed by atoms with van der Waals surface area (Å²) in [6, 6.07) is 2.72. The van der Waals surface area contributed by atoms with E-state index in [2.05, 4.69) is 0 Å². The number of esters is 1. The van der Waals surface area contributed by atoms with Crippen molar-refractivity contribution in [2.24, 2.45) is 0 Å². The summed E-state index contributed by atoms with van der Waals surface area (Å²) in [7, 11) is 0.